The average molecular weight is 254 g/mol. The van der Waals surface area contributed by atoms with E-state index in [9.17, 15) is 4.79 Å². The van der Waals surface area contributed by atoms with E-state index in [0.29, 0.717) is 0 Å². The smallest absolute Gasteiger partial charge is 0.302 e. The number of carbonyl (C=O) groups is 1. The van der Waals surface area contributed by atoms with Gasteiger partial charge in [-0.3, -0.25) is 4.79 Å². The number of carbonyl (C=O) groups excluding carboxylic acids is 1. The van der Waals surface area contributed by atoms with E-state index >= 15 is 0 Å². The highest BCUT2D eigenvalue weighted by atomic mass is 16.5. The summed E-state index contributed by atoms with van der Waals surface area (Å²) in [4.78, 5) is 11.0. The number of hydrogen-bond acceptors (Lipinski definition) is 2. The van der Waals surface area contributed by atoms with Crippen molar-refractivity contribution in [1.29, 1.82) is 0 Å². The molecule has 0 aliphatic heterocycles. The SMILES string of the molecule is CCCCCCC=CCC(CCCC)OC(C)=O. The van der Waals surface area contributed by atoms with E-state index in [1.807, 2.05) is 0 Å². The highest BCUT2D eigenvalue weighted by Crippen LogP contribution is 2.11. The molecular weight excluding hydrogens is 224 g/mol. The Kier molecular flexibility index (Phi) is 12.1. The minimum atomic E-state index is -0.160. The Morgan fingerprint density at radius 2 is 1.78 bits per heavy atom. The lowest BCUT2D eigenvalue weighted by molar-refractivity contribution is -0.146. The molecule has 0 aromatic rings. The van der Waals surface area contributed by atoms with Gasteiger partial charge in [0, 0.05) is 13.3 Å². The number of ether oxygens (including phenoxy) is 1. The van der Waals surface area contributed by atoms with Gasteiger partial charge >= 0.3 is 5.97 Å². The van der Waals surface area contributed by atoms with Gasteiger partial charge in [-0.1, -0.05) is 58.1 Å². The molecule has 2 nitrogen and oxygen atoms in total. The predicted octanol–water partition coefficient (Wildman–Crippen LogP) is 5.03. The van der Waals surface area contributed by atoms with Gasteiger partial charge < -0.3 is 4.74 Å². The van der Waals surface area contributed by atoms with Crippen LogP contribution < -0.4 is 0 Å². The Labute approximate surface area is 113 Å². The molecule has 1 unspecified atom stereocenters. The maximum Gasteiger partial charge on any atom is 0.302 e. The lowest BCUT2D eigenvalue weighted by Gasteiger charge is -2.14. The fourth-order valence-electron chi connectivity index (χ4n) is 1.95. The lowest BCUT2D eigenvalue weighted by atomic mass is 10.1. The fraction of sp³-hybridized carbons (Fsp3) is 0.812. The molecule has 0 amide bonds. The molecule has 106 valence electrons. The van der Waals surface area contributed by atoms with Crippen molar-refractivity contribution in [3.63, 3.8) is 0 Å². The van der Waals surface area contributed by atoms with E-state index in [2.05, 4.69) is 26.0 Å². The van der Waals surface area contributed by atoms with Crippen LogP contribution in [0, 0.1) is 0 Å². The molecule has 0 bridgehead atoms. The van der Waals surface area contributed by atoms with Gasteiger partial charge in [0.2, 0.25) is 0 Å². The second-order valence-electron chi connectivity index (χ2n) is 4.93. The van der Waals surface area contributed by atoms with Crippen LogP contribution in [0.15, 0.2) is 12.2 Å². The number of hydrogen-bond donors (Lipinski definition) is 0. The van der Waals surface area contributed by atoms with Crippen molar-refractivity contribution >= 4 is 5.97 Å². The van der Waals surface area contributed by atoms with Gasteiger partial charge in [-0.25, -0.2) is 0 Å². The van der Waals surface area contributed by atoms with Crippen LogP contribution in [0.5, 0.6) is 0 Å². The first-order valence-electron chi connectivity index (χ1n) is 7.52. The van der Waals surface area contributed by atoms with Crippen molar-refractivity contribution in [2.24, 2.45) is 0 Å². The normalized spacial score (nSPS) is 12.8. The first-order valence-corrected chi connectivity index (χ1v) is 7.52. The molecule has 0 fully saturated rings. The summed E-state index contributed by atoms with van der Waals surface area (Å²) in [6.07, 6.45) is 15.0. The molecule has 0 spiro atoms. The van der Waals surface area contributed by atoms with E-state index in [1.54, 1.807) is 0 Å². The van der Waals surface area contributed by atoms with Crippen molar-refractivity contribution in [2.45, 2.75) is 84.7 Å². The summed E-state index contributed by atoms with van der Waals surface area (Å²) in [5.41, 5.74) is 0. The van der Waals surface area contributed by atoms with Gasteiger partial charge in [0.05, 0.1) is 0 Å². The number of rotatable bonds is 11. The Hall–Kier alpha value is -0.790. The zero-order chi connectivity index (χ0) is 13.6. The first-order chi connectivity index (χ1) is 8.70. The quantitative estimate of drug-likeness (QED) is 0.294. The molecule has 0 saturated carbocycles. The molecule has 0 aliphatic carbocycles. The topological polar surface area (TPSA) is 26.3 Å². The molecule has 0 radical (unpaired) electrons. The highest BCUT2D eigenvalue weighted by molar-refractivity contribution is 5.66. The second-order valence-corrected chi connectivity index (χ2v) is 4.93. The Morgan fingerprint density at radius 1 is 1.06 bits per heavy atom. The second kappa shape index (κ2) is 12.7. The molecule has 0 rings (SSSR count). The van der Waals surface area contributed by atoms with Crippen molar-refractivity contribution in [2.75, 3.05) is 0 Å². The van der Waals surface area contributed by atoms with E-state index in [-0.39, 0.29) is 12.1 Å². The van der Waals surface area contributed by atoms with Crippen LogP contribution in [0.1, 0.15) is 78.6 Å². The first kappa shape index (κ1) is 17.2. The zero-order valence-corrected chi connectivity index (χ0v) is 12.4. The summed E-state index contributed by atoms with van der Waals surface area (Å²) in [5, 5.41) is 0. The molecule has 0 aromatic heterocycles. The molecule has 2 heteroatoms. The molecular formula is C16H30O2. The molecule has 0 aliphatic rings. The zero-order valence-electron chi connectivity index (χ0n) is 12.4. The lowest BCUT2D eigenvalue weighted by Crippen LogP contribution is -2.15. The van der Waals surface area contributed by atoms with Crippen LogP contribution in [0.3, 0.4) is 0 Å². The summed E-state index contributed by atoms with van der Waals surface area (Å²) < 4.78 is 5.31. The summed E-state index contributed by atoms with van der Waals surface area (Å²) in [7, 11) is 0. The van der Waals surface area contributed by atoms with Gasteiger partial charge in [0.1, 0.15) is 6.10 Å². The number of unbranched alkanes of at least 4 members (excludes halogenated alkanes) is 5. The molecule has 0 N–H and O–H groups in total. The van der Waals surface area contributed by atoms with Crippen LogP contribution in [0.4, 0.5) is 0 Å². The molecule has 0 aromatic carbocycles. The van der Waals surface area contributed by atoms with E-state index < -0.39 is 0 Å². The predicted molar refractivity (Wildman–Crippen MR) is 77.6 cm³/mol. The van der Waals surface area contributed by atoms with Gasteiger partial charge in [0.25, 0.3) is 0 Å². The van der Waals surface area contributed by atoms with Crippen molar-refractivity contribution in [3.05, 3.63) is 12.2 Å². The summed E-state index contributed by atoms with van der Waals surface area (Å²) >= 11 is 0. The number of allylic oxidation sites excluding steroid dienone is 1. The third-order valence-corrected chi connectivity index (χ3v) is 3.00. The number of esters is 1. The van der Waals surface area contributed by atoms with E-state index in [4.69, 9.17) is 4.74 Å². The third kappa shape index (κ3) is 11.7. The van der Waals surface area contributed by atoms with Crippen molar-refractivity contribution < 1.29 is 9.53 Å². The molecule has 0 heterocycles. The Bertz CT molecular complexity index is 221. The Morgan fingerprint density at radius 3 is 2.39 bits per heavy atom. The van der Waals surface area contributed by atoms with Gasteiger partial charge in [-0.05, 0) is 19.3 Å². The summed E-state index contributed by atoms with van der Waals surface area (Å²) in [6.45, 7) is 5.88. The highest BCUT2D eigenvalue weighted by Gasteiger charge is 2.09. The molecule has 1 atom stereocenters. The largest absolute Gasteiger partial charge is 0.462 e. The van der Waals surface area contributed by atoms with Crippen LogP contribution in [-0.2, 0) is 9.53 Å². The standard InChI is InChI=1S/C16H30O2/c1-4-6-8-9-10-11-12-14-16(13-7-5-2)18-15(3)17/h11-12,16H,4-10,13-14H2,1-3H3. The van der Waals surface area contributed by atoms with Crippen LogP contribution in [0.2, 0.25) is 0 Å². The van der Waals surface area contributed by atoms with Gasteiger partial charge in [-0.15, -0.1) is 0 Å². The van der Waals surface area contributed by atoms with Gasteiger partial charge in [0.15, 0.2) is 0 Å². The Balaban J connectivity index is 3.72. The average Bonchev–Trinajstić information content (AvgIpc) is 2.34. The van der Waals surface area contributed by atoms with E-state index in [0.717, 1.165) is 32.1 Å². The third-order valence-electron chi connectivity index (χ3n) is 3.00. The van der Waals surface area contributed by atoms with Gasteiger partial charge in [-0.2, -0.15) is 0 Å². The summed E-state index contributed by atoms with van der Waals surface area (Å²) in [6, 6.07) is 0. The summed E-state index contributed by atoms with van der Waals surface area (Å²) in [5.74, 6) is -0.160. The maximum absolute atomic E-state index is 11.0. The van der Waals surface area contributed by atoms with Crippen LogP contribution in [-0.4, -0.2) is 12.1 Å². The molecule has 0 saturated heterocycles. The monoisotopic (exact) mass is 254 g/mol. The van der Waals surface area contributed by atoms with Crippen LogP contribution in [0.25, 0.3) is 0 Å². The maximum atomic E-state index is 11.0. The van der Waals surface area contributed by atoms with Crippen molar-refractivity contribution in [1.82, 2.24) is 0 Å². The fourth-order valence-corrected chi connectivity index (χ4v) is 1.95. The minimum Gasteiger partial charge on any atom is -0.462 e. The van der Waals surface area contributed by atoms with Crippen molar-refractivity contribution in [3.8, 4) is 0 Å². The minimum absolute atomic E-state index is 0.0781. The van der Waals surface area contributed by atoms with Crippen LogP contribution >= 0.6 is 0 Å². The molecule has 18 heavy (non-hydrogen) atoms. The van der Waals surface area contributed by atoms with E-state index in [1.165, 1.54) is 32.6 Å².